The Kier molecular flexibility index (Phi) is 7.33. The SMILES string of the molecule is C/C(=N/O)[c-]1cccc1.[Fe].[c-]1[c-][c-][cH-][c-]1. The molecule has 0 atom stereocenters. The van der Waals surface area contributed by atoms with E-state index in [4.69, 9.17) is 5.21 Å². The van der Waals surface area contributed by atoms with E-state index in [1.807, 2.05) is 24.3 Å². The molecule has 0 saturated heterocycles. The first kappa shape index (κ1) is 13.7. The number of rotatable bonds is 1. The van der Waals surface area contributed by atoms with Gasteiger partial charge in [0.2, 0.25) is 0 Å². The maximum atomic E-state index is 8.29. The van der Waals surface area contributed by atoms with Crippen molar-refractivity contribution in [3.63, 3.8) is 0 Å². The third-order valence-electron chi connectivity index (χ3n) is 1.58. The standard InChI is InChI=1S/C7H8NO.C5H.Fe/c1-6(8-9)7-4-2-3-5-7;1-2-4-5-3-1;/h2-5,9H,1H3;1H;/q-1;-5;/b8-6-;;. The van der Waals surface area contributed by atoms with E-state index in [1.165, 1.54) is 0 Å². The molecule has 0 unspecified atom stereocenters. The van der Waals surface area contributed by atoms with E-state index < -0.39 is 0 Å². The number of nitrogens with zero attached hydrogens (tertiary/aromatic N) is 1. The van der Waals surface area contributed by atoms with Crippen LogP contribution in [0.4, 0.5) is 0 Å². The summed E-state index contributed by atoms with van der Waals surface area (Å²) in [6.07, 6.45) is 0. The van der Waals surface area contributed by atoms with Crippen LogP contribution in [0, 0.1) is 24.3 Å². The van der Waals surface area contributed by atoms with Crippen molar-refractivity contribution in [3.8, 4) is 0 Å². The molecule has 0 saturated carbocycles. The average Bonchev–Trinajstić information content (AvgIpc) is 2.91. The summed E-state index contributed by atoms with van der Waals surface area (Å²) in [5.41, 5.74) is 1.62. The average molecular weight is 239 g/mol. The Labute approximate surface area is 100 Å². The van der Waals surface area contributed by atoms with Crippen LogP contribution in [-0.4, -0.2) is 10.9 Å². The third kappa shape index (κ3) is 5.21. The van der Waals surface area contributed by atoms with Crippen LogP contribution in [0.15, 0.2) is 35.5 Å². The van der Waals surface area contributed by atoms with Crippen molar-refractivity contribution in [1.82, 2.24) is 0 Å². The maximum absolute atomic E-state index is 8.29. The van der Waals surface area contributed by atoms with Gasteiger partial charge in [-0.1, -0.05) is 0 Å². The van der Waals surface area contributed by atoms with Crippen molar-refractivity contribution >= 4 is 5.71 Å². The van der Waals surface area contributed by atoms with Gasteiger partial charge in [-0.3, -0.25) is 0 Å². The van der Waals surface area contributed by atoms with Gasteiger partial charge >= 0.3 is 0 Å². The molecule has 0 aromatic heterocycles. The van der Waals surface area contributed by atoms with E-state index in [-0.39, 0.29) is 17.1 Å². The van der Waals surface area contributed by atoms with E-state index in [0.29, 0.717) is 5.71 Å². The first-order valence-electron chi connectivity index (χ1n) is 4.08. The van der Waals surface area contributed by atoms with Crippen molar-refractivity contribution in [2.24, 2.45) is 5.16 Å². The van der Waals surface area contributed by atoms with Gasteiger partial charge in [-0.15, -0.1) is 10.7 Å². The first-order chi connectivity index (χ1) is 6.84. The summed E-state index contributed by atoms with van der Waals surface area (Å²) in [7, 11) is 0. The van der Waals surface area contributed by atoms with Gasteiger partial charge in [0.1, 0.15) is 0 Å². The van der Waals surface area contributed by atoms with Gasteiger partial charge in [-0.25, -0.2) is 12.1 Å². The summed E-state index contributed by atoms with van der Waals surface area (Å²) in [5.74, 6) is 0. The predicted molar refractivity (Wildman–Crippen MR) is 53.4 cm³/mol. The van der Waals surface area contributed by atoms with Crippen molar-refractivity contribution < 1.29 is 22.3 Å². The smallest absolute Gasteiger partial charge is 0.0289 e. The van der Waals surface area contributed by atoms with E-state index >= 15 is 0 Å². The fourth-order valence-electron chi connectivity index (χ4n) is 0.853. The first-order valence-corrected chi connectivity index (χ1v) is 4.08. The van der Waals surface area contributed by atoms with Crippen molar-refractivity contribution in [2.75, 3.05) is 0 Å². The second kappa shape index (κ2) is 8.04. The van der Waals surface area contributed by atoms with Crippen LogP contribution in [0.2, 0.25) is 0 Å². The molecule has 2 aromatic carbocycles. The van der Waals surface area contributed by atoms with Gasteiger partial charge < -0.3 is 35.5 Å². The van der Waals surface area contributed by atoms with Crippen LogP contribution in [0.5, 0.6) is 0 Å². The molecule has 0 spiro atoms. The molecular weight excluding hydrogens is 230 g/mol. The summed E-state index contributed by atoms with van der Waals surface area (Å²) in [6, 6.07) is 19.6. The third-order valence-corrected chi connectivity index (χ3v) is 1.58. The Bertz CT molecular complexity index is 332. The molecule has 2 aromatic rings. The quantitative estimate of drug-likeness (QED) is 0.267. The maximum Gasteiger partial charge on any atom is 0.0289 e. The van der Waals surface area contributed by atoms with E-state index in [9.17, 15) is 0 Å². The molecule has 3 heteroatoms. The summed E-state index contributed by atoms with van der Waals surface area (Å²) in [6.45, 7) is 1.76. The molecule has 0 aliphatic carbocycles. The summed E-state index contributed by atoms with van der Waals surface area (Å²) >= 11 is 0. The summed E-state index contributed by atoms with van der Waals surface area (Å²) in [4.78, 5) is 0. The van der Waals surface area contributed by atoms with Crippen LogP contribution in [0.1, 0.15) is 12.5 Å². The molecule has 0 radical (unpaired) electrons. The zero-order chi connectivity index (χ0) is 10.2. The number of hydrogen-bond acceptors (Lipinski definition) is 2. The minimum Gasteiger partial charge on any atom is -0.999 e. The van der Waals surface area contributed by atoms with Crippen molar-refractivity contribution in [2.45, 2.75) is 6.92 Å². The topological polar surface area (TPSA) is 32.6 Å². The monoisotopic (exact) mass is 239 g/mol. The molecule has 0 amide bonds. The molecule has 15 heavy (non-hydrogen) atoms. The molecule has 2 rings (SSSR count). The molecule has 0 aliphatic heterocycles. The fourth-order valence-corrected chi connectivity index (χ4v) is 0.853. The molecule has 1 N–H and O–H groups in total. The van der Waals surface area contributed by atoms with Crippen LogP contribution in [0.3, 0.4) is 0 Å². The molecule has 2 nitrogen and oxygen atoms in total. The van der Waals surface area contributed by atoms with Gasteiger partial charge in [0, 0.05) is 22.8 Å². The molecule has 0 aliphatic rings. The normalized spacial score (nSPS) is 9.80. The summed E-state index contributed by atoms with van der Waals surface area (Å²) in [5, 5.41) is 11.3. The van der Waals surface area contributed by atoms with E-state index in [1.54, 1.807) is 13.0 Å². The van der Waals surface area contributed by atoms with E-state index in [0.717, 1.165) is 5.56 Å². The second-order valence-corrected chi connectivity index (χ2v) is 2.54. The second-order valence-electron chi connectivity index (χ2n) is 2.54. The molecule has 82 valence electrons. The Morgan fingerprint density at radius 1 is 1.27 bits per heavy atom. The molecule has 0 bridgehead atoms. The van der Waals surface area contributed by atoms with Gasteiger partial charge in [0.25, 0.3) is 0 Å². The van der Waals surface area contributed by atoms with Gasteiger partial charge in [0.05, 0.1) is 0 Å². The summed E-state index contributed by atoms with van der Waals surface area (Å²) < 4.78 is 0. The predicted octanol–water partition coefficient (Wildman–Crippen LogP) is 2.21. The number of oxime groups is 1. The van der Waals surface area contributed by atoms with E-state index in [2.05, 4.69) is 29.4 Å². The van der Waals surface area contributed by atoms with Crippen LogP contribution in [-0.2, 0) is 17.1 Å². The molecule has 0 heterocycles. The molecular formula is C12H9FeNO-6. The van der Waals surface area contributed by atoms with Crippen LogP contribution < -0.4 is 0 Å². The largest absolute Gasteiger partial charge is 0.999 e. The Morgan fingerprint density at radius 2 is 1.80 bits per heavy atom. The van der Waals surface area contributed by atoms with Crippen molar-refractivity contribution in [3.05, 3.63) is 60.2 Å². The van der Waals surface area contributed by atoms with Gasteiger partial charge in [-0.2, -0.15) is 12.1 Å². The van der Waals surface area contributed by atoms with Crippen LogP contribution in [0.25, 0.3) is 0 Å². The Hall–Kier alpha value is -1.31. The minimum atomic E-state index is 0. The molecule has 0 fully saturated rings. The Morgan fingerprint density at radius 3 is 2.13 bits per heavy atom. The number of hydrogen-bond donors (Lipinski definition) is 1. The van der Waals surface area contributed by atoms with Crippen molar-refractivity contribution in [1.29, 1.82) is 0 Å². The van der Waals surface area contributed by atoms with Crippen LogP contribution >= 0.6 is 0 Å². The minimum absolute atomic E-state index is 0. The Balaban J connectivity index is 0.000000280. The van der Waals surface area contributed by atoms with Gasteiger partial charge in [0.15, 0.2) is 0 Å². The zero-order valence-corrected chi connectivity index (χ0v) is 9.24. The fraction of sp³-hybridized carbons (Fsp3) is 0.0833. The zero-order valence-electron chi connectivity index (χ0n) is 8.13. The van der Waals surface area contributed by atoms with Gasteiger partial charge in [-0.05, 0) is 6.92 Å².